The Kier molecular flexibility index (Phi) is 5.85. The van der Waals surface area contributed by atoms with Gasteiger partial charge in [-0.1, -0.05) is 25.1 Å². The van der Waals surface area contributed by atoms with Crippen molar-refractivity contribution >= 4 is 11.8 Å². The van der Waals surface area contributed by atoms with Crippen molar-refractivity contribution in [3.05, 3.63) is 36.2 Å². The van der Waals surface area contributed by atoms with Crippen molar-refractivity contribution in [2.24, 2.45) is 11.7 Å². The average molecular weight is 263 g/mol. The second-order valence-corrected chi connectivity index (χ2v) is 4.27. The Morgan fingerprint density at radius 1 is 1.42 bits per heavy atom. The van der Waals surface area contributed by atoms with E-state index in [1.165, 1.54) is 6.42 Å². The van der Waals surface area contributed by atoms with Crippen LogP contribution >= 0.6 is 0 Å². The van der Waals surface area contributed by atoms with Crippen molar-refractivity contribution in [1.82, 2.24) is 5.32 Å². The van der Waals surface area contributed by atoms with Crippen LogP contribution in [0.25, 0.3) is 0 Å². The van der Waals surface area contributed by atoms with Crippen LogP contribution in [0.2, 0.25) is 0 Å². The lowest BCUT2D eigenvalue weighted by Crippen LogP contribution is -2.26. The molecule has 2 amide bonds. The Morgan fingerprint density at radius 2 is 2.11 bits per heavy atom. The van der Waals surface area contributed by atoms with Crippen molar-refractivity contribution in [3.8, 4) is 5.75 Å². The second kappa shape index (κ2) is 7.41. The van der Waals surface area contributed by atoms with Crippen LogP contribution in [-0.4, -0.2) is 18.9 Å². The van der Waals surface area contributed by atoms with E-state index in [-0.39, 0.29) is 11.8 Å². The minimum absolute atomic E-state index is 0.223. The number of amides is 2. The van der Waals surface area contributed by atoms with Crippen molar-refractivity contribution in [1.29, 1.82) is 0 Å². The van der Waals surface area contributed by atoms with Crippen LogP contribution in [0.15, 0.2) is 24.3 Å². The summed E-state index contributed by atoms with van der Waals surface area (Å²) in [6, 6.07) is 7.46. The summed E-state index contributed by atoms with van der Waals surface area (Å²) in [6.07, 6.45) is 1.78. The van der Waals surface area contributed by atoms with Crippen LogP contribution in [-0.2, 0) is 16.1 Å². The molecule has 103 valence electrons. The fraction of sp³-hybridized carbons (Fsp3) is 0.357. The van der Waals surface area contributed by atoms with Crippen molar-refractivity contribution in [3.63, 3.8) is 0 Å². The van der Waals surface area contributed by atoms with Crippen molar-refractivity contribution in [2.75, 3.05) is 7.11 Å². The standard InChI is InChI=1S/C14H19N2O3/c1-10(14(15)18)7-8-13(17)16-9-11-5-3-4-6-12(11)19-2/h3-6,8,10H,7,9H2,1-2H3,(H2,15,18)(H,16,17)/t10-/m0/s1. The van der Waals surface area contributed by atoms with Crippen LogP contribution in [0, 0.1) is 12.3 Å². The predicted molar refractivity (Wildman–Crippen MR) is 72.1 cm³/mol. The van der Waals surface area contributed by atoms with Crippen LogP contribution in [0.4, 0.5) is 0 Å². The summed E-state index contributed by atoms with van der Waals surface area (Å²) in [5, 5.41) is 2.74. The topological polar surface area (TPSA) is 81.4 Å². The first kappa shape index (κ1) is 15.0. The normalized spacial score (nSPS) is 11.7. The molecule has 0 fully saturated rings. The van der Waals surface area contributed by atoms with Crippen LogP contribution in [0.1, 0.15) is 18.9 Å². The van der Waals surface area contributed by atoms with Gasteiger partial charge in [0.15, 0.2) is 0 Å². The summed E-state index contributed by atoms with van der Waals surface area (Å²) in [5.74, 6) is -0.238. The van der Waals surface area contributed by atoms with Crippen molar-refractivity contribution < 1.29 is 14.3 Å². The summed E-state index contributed by atoms with van der Waals surface area (Å²) in [5.41, 5.74) is 6.02. The molecule has 1 atom stereocenters. The molecule has 1 rings (SSSR count). The SMILES string of the molecule is COc1ccccc1CNC(=O)[CH]C[C@H](C)C(N)=O. The minimum Gasteiger partial charge on any atom is -0.496 e. The van der Waals surface area contributed by atoms with Crippen molar-refractivity contribution in [2.45, 2.75) is 19.9 Å². The Morgan fingerprint density at radius 3 is 2.74 bits per heavy atom. The summed E-state index contributed by atoms with van der Waals surface area (Å²) in [6.45, 7) is 2.07. The number of para-hydroxylation sites is 1. The molecule has 0 bridgehead atoms. The van der Waals surface area contributed by atoms with Crippen LogP contribution in [0.5, 0.6) is 5.75 Å². The lowest BCUT2D eigenvalue weighted by Gasteiger charge is -2.10. The highest BCUT2D eigenvalue weighted by Crippen LogP contribution is 2.16. The first-order chi connectivity index (χ1) is 9.04. The number of carbonyl (C=O) groups excluding carboxylic acids is 2. The molecule has 0 aliphatic heterocycles. The van der Waals surface area contributed by atoms with Gasteiger partial charge in [0.05, 0.1) is 13.5 Å². The molecule has 0 aromatic heterocycles. The van der Waals surface area contributed by atoms with Gasteiger partial charge in [-0.25, -0.2) is 0 Å². The molecule has 3 N–H and O–H groups in total. The number of ether oxygens (including phenoxy) is 1. The van der Waals surface area contributed by atoms with E-state index in [0.717, 1.165) is 11.3 Å². The van der Waals surface area contributed by atoms with Gasteiger partial charge in [0.1, 0.15) is 5.75 Å². The van der Waals surface area contributed by atoms with Gasteiger partial charge >= 0.3 is 0 Å². The Hall–Kier alpha value is -2.04. The number of nitrogens with two attached hydrogens (primary N) is 1. The van der Waals surface area contributed by atoms with E-state index in [2.05, 4.69) is 5.32 Å². The molecule has 5 nitrogen and oxygen atoms in total. The number of hydrogen-bond donors (Lipinski definition) is 2. The van der Waals surface area contributed by atoms with E-state index in [4.69, 9.17) is 10.5 Å². The zero-order valence-corrected chi connectivity index (χ0v) is 11.2. The third kappa shape index (κ3) is 4.99. The number of carbonyl (C=O) groups is 2. The van der Waals surface area contributed by atoms with Gasteiger partial charge in [0, 0.05) is 18.0 Å². The molecule has 0 heterocycles. The molecule has 1 aromatic carbocycles. The summed E-state index contributed by atoms with van der Waals surface area (Å²) in [4.78, 5) is 22.4. The molecule has 0 aliphatic carbocycles. The molecule has 19 heavy (non-hydrogen) atoms. The van der Waals surface area contributed by atoms with Gasteiger partial charge in [-0.2, -0.15) is 0 Å². The summed E-state index contributed by atoms with van der Waals surface area (Å²) in [7, 11) is 1.58. The summed E-state index contributed by atoms with van der Waals surface area (Å²) < 4.78 is 5.18. The van der Waals surface area contributed by atoms with Gasteiger partial charge < -0.3 is 15.8 Å². The molecule has 1 aromatic rings. The molecule has 1 radical (unpaired) electrons. The number of rotatable bonds is 7. The highest BCUT2D eigenvalue weighted by atomic mass is 16.5. The van der Waals surface area contributed by atoms with E-state index in [0.29, 0.717) is 13.0 Å². The largest absolute Gasteiger partial charge is 0.496 e. The Labute approximate surface area is 113 Å². The molecule has 0 unspecified atom stereocenters. The third-order valence-electron chi connectivity index (χ3n) is 2.79. The maximum atomic E-state index is 11.6. The molecule has 0 saturated heterocycles. The fourth-order valence-electron chi connectivity index (χ4n) is 1.50. The van der Waals surface area contributed by atoms with Crippen LogP contribution in [0.3, 0.4) is 0 Å². The van der Waals surface area contributed by atoms with Crippen LogP contribution < -0.4 is 15.8 Å². The monoisotopic (exact) mass is 263 g/mol. The third-order valence-corrected chi connectivity index (χ3v) is 2.79. The molecular formula is C14H19N2O3. The van der Waals surface area contributed by atoms with Gasteiger partial charge in [-0.15, -0.1) is 0 Å². The second-order valence-electron chi connectivity index (χ2n) is 4.27. The first-order valence-electron chi connectivity index (χ1n) is 6.06. The van der Waals surface area contributed by atoms with Gasteiger partial charge in [0.25, 0.3) is 0 Å². The Balaban J connectivity index is 2.40. The molecule has 0 saturated carbocycles. The fourth-order valence-corrected chi connectivity index (χ4v) is 1.50. The van der Waals surface area contributed by atoms with Gasteiger partial charge in [0.2, 0.25) is 11.8 Å². The lowest BCUT2D eigenvalue weighted by atomic mass is 10.1. The quantitative estimate of drug-likeness (QED) is 0.770. The van der Waals surface area contributed by atoms with E-state index in [9.17, 15) is 9.59 Å². The smallest absolute Gasteiger partial charge is 0.224 e. The van der Waals surface area contributed by atoms with E-state index in [1.807, 2.05) is 24.3 Å². The Bertz CT molecular complexity index is 446. The summed E-state index contributed by atoms with van der Waals surface area (Å²) >= 11 is 0. The van der Waals surface area contributed by atoms with E-state index >= 15 is 0 Å². The molecule has 5 heteroatoms. The number of benzene rings is 1. The highest BCUT2D eigenvalue weighted by Gasteiger charge is 2.12. The molecule has 0 aliphatic rings. The van der Waals surface area contributed by atoms with E-state index in [1.54, 1.807) is 14.0 Å². The van der Waals surface area contributed by atoms with Gasteiger partial charge in [-0.3, -0.25) is 9.59 Å². The number of methoxy groups -OCH3 is 1. The zero-order chi connectivity index (χ0) is 14.3. The van der Waals surface area contributed by atoms with E-state index < -0.39 is 5.91 Å². The maximum absolute atomic E-state index is 11.6. The minimum atomic E-state index is -0.409. The molecular weight excluding hydrogens is 244 g/mol. The highest BCUT2D eigenvalue weighted by molar-refractivity contribution is 5.86. The number of primary amides is 1. The zero-order valence-electron chi connectivity index (χ0n) is 11.2. The van der Waals surface area contributed by atoms with Gasteiger partial charge in [-0.05, 0) is 12.5 Å². The maximum Gasteiger partial charge on any atom is 0.224 e. The lowest BCUT2D eigenvalue weighted by molar-refractivity contribution is -0.121. The predicted octanol–water partition coefficient (Wildman–Crippen LogP) is 1.03. The number of hydrogen-bond acceptors (Lipinski definition) is 3. The average Bonchev–Trinajstić information content (AvgIpc) is 2.42. The number of nitrogens with one attached hydrogen (secondary N) is 1. The molecule has 0 spiro atoms. The first-order valence-corrected chi connectivity index (χ1v) is 6.06.